The summed E-state index contributed by atoms with van der Waals surface area (Å²) >= 11 is 0. The van der Waals surface area contributed by atoms with Crippen LogP contribution in [0.5, 0.6) is 0 Å². The minimum absolute atomic E-state index is 0. The van der Waals surface area contributed by atoms with Gasteiger partial charge < -0.3 is 5.11 Å². The first-order valence-electron chi connectivity index (χ1n) is 4.97. The molecule has 2 aromatic carbocycles. The van der Waals surface area contributed by atoms with Crippen LogP contribution in [-0.4, -0.2) is 11.1 Å². The Kier molecular flexibility index (Phi) is 5.82. The number of azo groups is 1. The van der Waals surface area contributed by atoms with E-state index in [1.807, 2.05) is 0 Å². The van der Waals surface area contributed by atoms with Crippen LogP contribution in [0.3, 0.4) is 0 Å². The van der Waals surface area contributed by atoms with Crippen LogP contribution in [0.15, 0.2) is 58.8 Å². The van der Waals surface area contributed by atoms with E-state index in [-0.39, 0.29) is 38.3 Å². The summed E-state index contributed by atoms with van der Waals surface area (Å²) in [6.07, 6.45) is 0. The molecule has 5 heteroatoms. The van der Waals surface area contributed by atoms with Gasteiger partial charge in [0.05, 0.1) is 5.56 Å². The molecule has 2 aromatic rings. The Hall–Kier alpha value is -1.39. The molecule has 0 unspecified atom stereocenters. The van der Waals surface area contributed by atoms with Gasteiger partial charge in [-0.05, 0) is 17.8 Å². The zero-order chi connectivity index (χ0) is 12.1. The van der Waals surface area contributed by atoms with Crippen LogP contribution < -0.4 is 0 Å². The summed E-state index contributed by atoms with van der Waals surface area (Å²) in [4.78, 5) is 10.9. The van der Waals surface area contributed by atoms with Crippen LogP contribution in [0.1, 0.15) is 10.4 Å². The first-order valence-corrected chi connectivity index (χ1v) is 4.97. The fourth-order valence-electron chi connectivity index (χ4n) is 1.30. The van der Waals surface area contributed by atoms with Crippen LogP contribution in [-0.2, 0) is 32.7 Å². The van der Waals surface area contributed by atoms with Crippen molar-refractivity contribution in [2.24, 2.45) is 10.2 Å². The smallest absolute Gasteiger partial charge is 0.337 e. The van der Waals surface area contributed by atoms with Crippen LogP contribution >= 0.6 is 0 Å². The Morgan fingerprint density at radius 2 is 1.72 bits per heavy atom. The van der Waals surface area contributed by atoms with Crippen molar-refractivity contribution in [1.29, 1.82) is 0 Å². The zero-order valence-electron chi connectivity index (χ0n) is 9.45. The molecule has 0 bridgehead atoms. The number of nitrogens with zero attached hydrogens (tertiary/aromatic N) is 2. The van der Waals surface area contributed by atoms with E-state index in [0.717, 1.165) is 0 Å². The van der Waals surface area contributed by atoms with Crippen molar-refractivity contribution in [3.63, 3.8) is 0 Å². The molecule has 1 N–H and O–H groups in total. The van der Waals surface area contributed by atoms with Gasteiger partial charge in [0.15, 0.2) is 0 Å². The monoisotopic (exact) mass is 314 g/mol. The van der Waals surface area contributed by atoms with Crippen LogP contribution in [0.25, 0.3) is 0 Å². The van der Waals surface area contributed by atoms with Crippen LogP contribution in [0, 0.1) is 6.07 Å². The second-order valence-electron chi connectivity index (χ2n) is 3.28. The van der Waals surface area contributed by atoms with Gasteiger partial charge in [-0.1, -0.05) is 12.1 Å². The molecule has 0 amide bonds. The maximum absolute atomic E-state index is 10.9. The van der Waals surface area contributed by atoms with Gasteiger partial charge in [0, 0.05) is 32.7 Å². The normalized spacial score (nSPS) is 10.0. The standard InChI is InChI=1S/C13H9N2O2.Y/c16-13(17)11-8-4-5-9-12(11)15-14-10-6-2-1-3-7-10;/h2-9H,(H,16,17);/q-1;. The molecule has 0 aliphatic carbocycles. The fraction of sp³-hybridized carbons (Fsp3) is 0. The van der Waals surface area contributed by atoms with E-state index in [9.17, 15) is 4.79 Å². The van der Waals surface area contributed by atoms with Gasteiger partial charge in [0.1, 0.15) is 5.69 Å². The van der Waals surface area contributed by atoms with Gasteiger partial charge in [-0.15, -0.1) is 12.1 Å². The second-order valence-corrected chi connectivity index (χ2v) is 3.28. The molecule has 0 aliphatic heterocycles. The third kappa shape index (κ3) is 3.82. The largest absolute Gasteiger partial charge is 0.478 e. The van der Waals surface area contributed by atoms with Gasteiger partial charge in [0.2, 0.25) is 0 Å². The van der Waals surface area contributed by atoms with Gasteiger partial charge in [-0.2, -0.15) is 28.4 Å². The van der Waals surface area contributed by atoms with E-state index < -0.39 is 5.97 Å². The molecule has 0 saturated heterocycles. The molecule has 18 heavy (non-hydrogen) atoms. The van der Waals surface area contributed by atoms with Crippen molar-refractivity contribution < 1.29 is 42.6 Å². The number of benzene rings is 2. The maximum atomic E-state index is 10.9. The number of carboxylic acid groups (broad SMARTS) is 1. The number of carboxylic acids is 1. The summed E-state index contributed by atoms with van der Waals surface area (Å²) in [6.45, 7) is 0. The molecule has 0 aromatic heterocycles. The number of hydrogen-bond donors (Lipinski definition) is 1. The molecule has 2 rings (SSSR count). The summed E-state index contributed by atoms with van der Waals surface area (Å²) in [6, 6.07) is 16.3. The molecule has 0 spiro atoms. The van der Waals surface area contributed by atoms with Crippen molar-refractivity contribution in [3.8, 4) is 0 Å². The first kappa shape index (κ1) is 14.7. The Morgan fingerprint density at radius 3 is 2.39 bits per heavy atom. The molecule has 1 radical (unpaired) electrons. The van der Waals surface area contributed by atoms with E-state index >= 15 is 0 Å². The van der Waals surface area contributed by atoms with Crippen molar-refractivity contribution in [2.75, 3.05) is 0 Å². The molecule has 4 nitrogen and oxygen atoms in total. The number of aromatic carboxylic acids is 1. The number of hydrogen-bond acceptors (Lipinski definition) is 3. The Morgan fingerprint density at radius 1 is 1.06 bits per heavy atom. The molecule has 0 saturated carbocycles. The van der Waals surface area contributed by atoms with E-state index in [1.54, 1.807) is 42.5 Å². The van der Waals surface area contributed by atoms with Crippen molar-refractivity contribution in [1.82, 2.24) is 0 Å². The van der Waals surface area contributed by atoms with Gasteiger partial charge in [-0.25, -0.2) is 4.79 Å². The number of carbonyl (C=O) groups is 1. The third-order valence-electron chi connectivity index (χ3n) is 2.11. The maximum Gasteiger partial charge on any atom is 0.337 e. The summed E-state index contributed by atoms with van der Waals surface area (Å²) in [5, 5.41) is 16.8. The molecule has 0 fully saturated rings. The first-order chi connectivity index (χ1) is 8.27. The minimum atomic E-state index is -1.01. The summed E-state index contributed by atoms with van der Waals surface area (Å²) < 4.78 is 0. The second kappa shape index (κ2) is 7.14. The molecule has 87 valence electrons. The van der Waals surface area contributed by atoms with E-state index in [1.165, 1.54) is 6.07 Å². The van der Waals surface area contributed by atoms with Gasteiger partial charge >= 0.3 is 5.97 Å². The van der Waals surface area contributed by atoms with E-state index in [2.05, 4.69) is 16.3 Å². The summed E-state index contributed by atoms with van der Waals surface area (Å²) in [7, 11) is 0. The van der Waals surface area contributed by atoms with Crippen LogP contribution in [0.4, 0.5) is 11.4 Å². The minimum Gasteiger partial charge on any atom is -0.478 e. The molecular weight excluding hydrogens is 305 g/mol. The van der Waals surface area contributed by atoms with Crippen molar-refractivity contribution >= 4 is 17.3 Å². The Balaban J connectivity index is 0.00000162. The predicted molar refractivity (Wildman–Crippen MR) is 62.9 cm³/mol. The Labute approximate surface area is 130 Å². The van der Waals surface area contributed by atoms with E-state index in [0.29, 0.717) is 11.4 Å². The van der Waals surface area contributed by atoms with Crippen molar-refractivity contribution in [3.05, 3.63) is 60.2 Å². The molecule has 0 atom stereocenters. The summed E-state index contributed by atoms with van der Waals surface area (Å²) in [5.41, 5.74) is 1.13. The van der Waals surface area contributed by atoms with Gasteiger partial charge in [0.25, 0.3) is 0 Å². The molecular formula is C13H9N2O2Y-. The zero-order valence-corrected chi connectivity index (χ0v) is 12.3. The molecule has 0 heterocycles. The average molecular weight is 314 g/mol. The van der Waals surface area contributed by atoms with Gasteiger partial charge in [-0.3, -0.25) is 0 Å². The van der Waals surface area contributed by atoms with Crippen LogP contribution in [0.2, 0.25) is 0 Å². The van der Waals surface area contributed by atoms with Crippen molar-refractivity contribution in [2.45, 2.75) is 0 Å². The Bertz CT molecular complexity index is 556. The topological polar surface area (TPSA) is 62.0 Å². The SMILES string of the molecule is O=C(O)c1ccccc1N=Nc1cc[c-]cc1.[Y]. The summed E-state index contributed by atoms with van der Waals surface area (Å²) in [5.74, 6) is -1.01. The predicted octanol–water partition coefficient (Wildman–Crippen LogP) is 3.60. The van der Waals surface area contributed by atoms with E-state index in [4.69, 9.17) is 5.11 Å². The fourth-order valence-corrected chi connectivity index (χ4v) is 1.30. The molecule has 0 aliphatic rings. The number of rotatable bonds is 3. The third-order valence-corrected chi connectivity index (χ3v) is 2.11. The average Bonchev–Trinajstić information content (AvgIpc) is 2.38. The quantitative estimate of drug-likeness (QED) is 0.695.